The zero-order valence-corrected chi connectivity index (χ0v) is 9.61. The average molecular weight is 218 g/mol. The Morgan fingerprint density at radius 3 is 2.75 bits per heavy atom. The summed E-state index contributed by atoms with van der Waals surface area (Å²) in [5, 5.41) is 9.78. The number of fused-ring (bicyclic) bond motifs is 1. The number of aromatic hydroxyl groups is 1. The summed E-state index contributed by atoms with van der Waals surface area (Å²) in [4.78, 5) is 17.5. The summed E-state index contributed by atoms with van der Waals surface area (Å²) in [6.45, 7) is 1.91. The van der Waals surface area contributed by atoms with Crippen molar-refractivity contribution >= 4 is 17.3 Å². The lowest BCUT2D eigenvalue weighted by Gasteiger charge is -2.11. The van der Waals surface area contributed by atoms with Crippen LogP contribution in [0.5, 0.6) is 5.75 Å². The number of phenols is 1. The standard InChI is InChI=1S/C12H14N2O2/c1-7-4-8-5-9(12(16)14(2)3)6-10(15)11(8)13-7/h5-6,15H,4H2,1-3H3. The number of nitrogens with zero attached hydrogens (tertiary/aromatic N) is 2. The quantitative estimate of drug-likeness (QED) is 0.780. The molecule has 4 nitrogen and oxygen atoms in total. The molecule has 0 aromatic heterocycles. The monoisotopic (exact) mass is 218 g/mol. The molecule has 0 unspecified atom stereocenters. The van der Waals surface area contributed by atoms with E-state index in [9.17, 15) is 9.90 Å². The Kier molecular flexibility index (Phi) is 2.42. The largest absolute Gasteiger partial charge is 0.506 e. The van der Waals surface area contributed by atoms with Gasteiger partial charge in [-0.3, -0.25) is 9.79 Å². The maximum Gasteiger partial charge on any atom is 0.253 e. The molecule has 1 amide bonds. The lowest BCUT2D eigenvalue weighted by molar-refractivity contribution is 0.0827. The van der Waals surface area contributed by atoms with Crippen LogP contribution >= 0.6 is 0 Å². The van der Waals surface area contributed by atoms with Crippen LogP contribution in [-0.2, 0) is 6.42 Å². The van der Waals surface area contributed by atoms with Crippen LogP contribution in [0.4, 0.5) is 5.69 Å². The molecular formula is C12H14N2O2. The second-order valence-corrected chi connectivity index (χ2v) is 4.23. The second-order valence-electron chi connectivity index (χ2n) is 4.23. The fourth-order valence-electron chi connectivity index (χ4n) is 1.83. The van der Waals surface area contributed by atoms with Crippen LogP contribution in [0.1, 0.15) is 22.8 Å². The highest BCUT2D eigenvalue weighted by Gasteiger charge is 2.19. The number of rotatable bonds is 1. The van der Waals surface area contributed by atoms with Gasteiger partial charge in [-0.1, -0.05) is 0 Å². The third-order valence-electron chi connectivity index (χ3n) is 2.57. The summed E-state index contributed by atoms with van der Waals surface area (Å²) in [5.74, 6) is -0.0257. The number of carbonyl (C=O) groups excluding carboxylic acids is 1. The molecule has 1 aromatic rings. The third kappa shape index (κ3) is 1.66. The first-order valence-electron chi connectivity index (χ1n) is 5.10. The Morgan fingerprint density at radius 2 is 2.12 bits per heavy atom. The van der Waals surface area contributed by atoms with Gasteiger partial charge in [0.05, 0.1) is 0 Å². The minimum Gasteiger partial charge on any atom is -0.506 e. The van der Waals surface area contributed by atoms with Gasteiger partial charge in [-0.25, -0.2) is 0 Å². The maximum absolute atomic E-state index is 11.8. The van der Waals surface area contributed by atoms with Gasteiger partial charge in [0.1, 0.15) is 11.4 Å². The van der Waals surface area contributed by atoms with Gasteiger partial charge in [-0.15, -0.1) is 0 Å². The van der Waals surface area contributed by atoms with Crippen molar-refractivity contribution in [3.63, 3.8) is 0 Å². The van der Waals surface area contributed by atoms with E-state index in [4.69, 9.17) is 0 Å². The molecule has 0 saturated heterocycles. The maximum atomic E-state index is 11.8. The molecule has 4 heteroatoms. The normalized spacial score (nSPS) is 13.3. The van der Waals surface area contributed by atoms with Crippen molar-refractivity contribution < 1.29 is 9.90 Å². The molecule has 1 N–H and O–H groups in total. The van der Waals surface area contributed by atoms with E-state index in [2.05, 4.69) is 4.99 Å². The Hall–Kier alpha value is -1.84. The molecule has 0 aliphatic carbocycles. The Labute approximate surface area is 94.2 Å². The van der Waals surface area contributed by atoms with Crippen molar-refractivity contribution in [2.45, 2.75) is 13.3 Å². The number of phenolic OH excluding ortho intramolecular Hbond substituents is 1. The minimum absolute atomic E-state index is 0.0829. The highest BCUT2D eigenvalue weighted by molar-refractivity contribution is 5.98. The van der Waals surface area contributed by atoms with Gasteiger partial charge in [0.25, 0.3) is 5.91 Å². The molecule has 2 rings (SSSR count). The van der Waals surface area contributed by atoms with E-state index in [0.29, 0.717) is 17.7 Å². The molecule has 16 heavy (non-hydrogen) atoms. The van der Waals surface area contributed by atoms with Crippen LogP contribution in [0.25, 0.3) is 0 Å². The lowest BCUT2D eigenvalue weighted by Crippen LogP contribution is -2.21. The Balaban J connectivity index is 2.46. The van der Waals surface area contributed by atoms with Crippen molar-refractivity contribution in [1.29, 1.82) is 0 Å². The van der Waals surface area contributed by atoms with Crippen LogP contribution in [0.3, 0.4) is 0 Å². The van der Waals surface area contributed by atoms with Gasteiger partial charge in [0, 0.05) is 31.8 Å². The van der Waals surface area contributed by atoms with E-state index in [0.717, 1.165) is 11.3 Å². The first-order valence-corrected chi connectivity index (χ1v) is 5.10. The van der Waals surface area contributed by atoms with Crippen LogP contribution in [0, 0.1) is 0 Å². The van der Waals surface area contributed by atoms with Crippen molar-refractivity contribution in [2.24, 2.45) is 4.99 Å². The zero-order valence-electron chi connectivity index (χ0n) is 9.61. The molecule has 1 aromatic carbocycles. The number of carbonyl (C=O) groups is 1. The number of aliphatic imine (C=N–C) groups is 1. The summed E-state index contributed by atoms with van der Waals surface area (Å²) in [5.41, 5.74) is 2.99. The van der Waals surface area contributed by atoms with Crippen LogP contribution in [0.15, 0.2) is 17.1 Å². The molecule has 0 fully saturated rings. The number of hydrogen-bond donors (Lipinski definition) is 1. The van der Waals surface area contributed by atoms with E-state index < -0.39 is 0 Å². The summed E-state index contributed by atoms with van der Waals surface area (Å²) < 4.78 is 0. The molecule has 0 atom stereocenters. The van der Waals surface area contributed by atoms with Crippen LogP contribution in [0.2, 0.25) is 0 Å². The molecular weight excluding hydrogens is 204 g/mol. The average Bonchev–Trinajstić information content (AvgIpc) is 2.57. The van der Waals surface area contributed by atoms with Gasteiger partial charge in [0.2, 0.25) is 0 Å². The summed E-state index contributed by atoms with van der Waals surface area (Å²) >= 11 is 0. The van der Waals surface area contributed by atoms with Crippen molar-refractivity contribution in [3.05, 3.63) is 23.3 Å². The summed E-state index contributed by atoms with van der Waals surface area (Å²) in [7, 11) is 3.38. The topological polar surface area (TPSA) is 52.9 Å². The SMILES string of the molecule is CC1=Nc2c(O)cc(C(=O)N(C)C)cc2C1. The van der Waals surface area contributed by atoms with E-state index in [1.165, 1.54) is 11.0 Å². The summed E-state index contributed by atoms with van der Waals surface area (Å²) in [6.07, 6.45) is 0.706. The second kappa shape index (κ2) is 3.63. The highest BCUT2D eigenvalue weighted by Crippen LogP contribution is 2.36. The Morgan fingerprint density at radius 1 is 1.44 bits per heavy atom. The third-order valence-corrected chi connectivity index (χ3v) is 2.57. The predicted octanol–water partition coefficient (Wildman–Crippen LogP) is 1.74. The molecule has 0 spiro atoms. The van der Waals surface area contributed by atoms with Gasteiger partial charge in [0.15, 0.2) is 0 Å². The molecule has 1 aliphatic rings. The predicted molar refractivity (Wildman–Crippen MR) is 62.6 cm³/mol. The van der Waals surface area contributed by atoms with E-state index in [1.54, 1.807) is 20.2 Å². The molecule has 0 radical (unpaired) electrons. The first-order chi connectivity index (χ1) is 7.49. The number of benzene rings is 1. The highest BCUT2D eigenvalue weighted by atomic mass is 16.3. The zero-order chi connectivity index (χ0) is 11.9. The molecule has 0 bridgehead atoms. The smallest absolute Gasteiger partial charge is 0.253 e. The van der Waals surface area contributed by atoms with Gasteiger partial charge in [-0.05, 0) is 24.6 Å². The minimum atomic E-state index is -0.109. The van der Waals surface area contributed by atoms with Crippen molar-refractivity contribution in [2.75, 3.05) is 14.1 Å². The first kappa shape index (κ1) is 10.7. The van der Waals surface area contributed by atoms with Crippen molar-refractivity contribution in [1.82, 2.24) is 4.90 Å². The van der Waals surface area contributed by atoms with E-state index in [-0.39, 0.29) is 11.7 Å². The van der Waals surface area contributed by atoms with Gasteiger partial charge in [-0.2, -0.15) is 0 Å². The van der Waals surface area contributed by atoms with Crippen molar-refractivity contribution in [3.8, 4) is 5.75 Å². The van der Waals surface area contributed by atoms with E-state index >= 15 is 0 Å². The Bertz CT molecular complexity index is 490. The fourth-order valence-corrected chi connectivity index (χ4v) is 1.83. The van der Waals surface area contributed by atoms with Gasteiger partial charge >= 0.3 is 0 Å². The van der Waals surface area contributed by atoms with E-state index in [1.807, 2.05) is 6.92 Å². The van der Waals surface area contributed by atoms with Gasteiger partial charge < -0.3 is 10.0 Å². The fraction of sp³-hybridized carbons (Fsp3) is 0.333. The molecule has 84 valence electrons. The lowest BCUT2D eigenvalue weighted by atomic mass is 10.0. The molecule has 0 saturated carbocycles. The number of hydrogen-bond acceptors (Lipinski definition) is 3. The molecule has 1 aliphatic heterocycles. The number of amides is 1. The molecule has 1 heterocycles. The summed E-state index contributed by atoms with van der Waals surface area (Å²) in [6, 6.07) is 3.28. The van der Waals surface area contributed by atoms with Crippen LogP contribution < -0.4 is 0 Å². The van der Waals surface area contributed by atoms with Crippen LogP contribution in [-0.4, -0.2) is 35.7 Å².